The van der Waals surface area contributed by atoms with Gasteiger partial charge in [-0.2, -0.15) is 0 Å². The van der Waals surface area contributed by atoms with E-state index in [1.165, 1.54) is 14.0 Å². The lowest BCUT2D eigenvalue weighted by Gasteiger charge is -2.42. The minimum absolute atomic E-state index is 0.0266. The van der Waals surface area contributed by atoms with Gasteiger partial charge in [-0.15, -0.1) is 0 Å². The van der Waals surface area contributed by atoms with Crippen molar-refractivity contribution < 1.29 is 168 Å². The quantitative estimate of drug-likeness (QED) is 0.0284. The van der Waals surface area contributed by atoms with Gasteiger partial charge in [0.05, 0.1) is 103 Å². The van der Waals surface area contributed by atoms with Gasteiger partial charge in [0.15, 0.2) is 18.9 Å². The molecule has 6 rings (SSSR count). The Morgan fingerprint density at radius 1 is 0.436 bits per heavy atom. The number of rotatable bonds is 52. The van der Waals surface area contributed by atoms with Gasteiger partial charge in [0.25, 0.3) is 0 Å². The maximum absolute atomic E-state index is 13.1. The van der Waals surface area contributed by atoms with Crippen LogP contribution in [0.2, 0.25) is 0 Å². The highest BCUT2D eigenvalue weighted by molar-refractivity contribution is 7.47. The van der Waals surface area contributed by atoms with Gasteiger partial charge in [-0.3, -0.25) is 46.3 Å². The highest BCUT2D eigenvalue weighted by Crippen LogP contribution is 2.48. The minimum Gasteiger partial charge on any atom is -0.394 e. The van der Waals surface area contributed by atoms with Gasteiger partial charge in [-0.1, -0.05) is 13.8 Å². The van der Waals surface area contributed by atoms with Crippen molar-refractivity contribution in [2.24, 2.45) is 23.2 Å². The predicted molar refractivity (Wildman–Crippen MR) is 383 cm³/mol. The fourth-order valence-corrected chi connectivity index (χ4v) is 16.4. The number of phosphoric ester groups is 3. The molecule has 6 saturated heterocycles. The summed E-state index contributed by atoms with van der Waals surface area (Å²) in [6.07, 6.45) is -8.61. The highest BCUT2D eigenvalue weighted by atomic mass is 31.2. The first-order valence-corrected chi connectivity index (χ1v) is 42.9. The van der Waals surface area contributed by atoms with E-state index < -0.39 is 159 Å². The largest absolute Gasteiger partial charge is 0.472 e. The van der Waals surface area contributed by atoms with Gasteiger partial charge in [-0.05, 0) is 102 Å². The summed E-state index contributed by atoms with van der Waals surface area (Å²) in [5.41, 5.74) is -0.991. The summed E-state index contributed by atoms with van der Waals surface area (Å²) in [4.78, 5) is 87.7. The van der Waals surface area contributed by atoms with Crippen molar-refractivity contribution in [1.82, 2.24) is 20.0 Å². The number of piperidine rings is 3. The van der Waals surface area contributed by atoms with Crippen LogP contribution in [0.4, 0.5) is 0 Å². The second-order valence-corrected chi connectivity index (χ2v) is 33.4. The second kappa shape index (κ2) is 49.6. The summed E-state index contributed by atoms with van der Waals surface area (Å²) >= 11 is 0. The molecule has 4 amide bonds. The summed E-state index contributed by atoms with van der Waals surface area (Å²) in [7, 11) is -12.1. The van der Waals surface area contributed by atoms with Crippen LogP contribution in [0.3, 0.4) is 0 Å². The van der Waals surface area contributed by atoms with E-state index in [1.807, 2.05) is 0 Å². The molecule has 18 atom stereocenters. The number of hydrogen-bond acceptors (Lipinski definition) is 32. The van der Waals surface area contributed by atoms with Crippen molar-refractivity contribution in [3.8, 4) is 0 Å². The van der Waals surface area contributed by atoms with Gasteiger partial charge in [0.1, 0.15) is 48.8 Å². The van der Waals surface area contributed by atoms with E-state index >= 15 is 0 Å². The van der Waals surface area contributed by atoms with Gasteiger partial charge < -0.3 is 128 Å². The number of phosphoric acid groups is 3. The molecule has 0 radical (unpaired) electrons. The Bertz CT molecular complexity index is 2680. The first-order valence-electron chi connectivity index (χ1n) is 38.4. The SMILES string of the molecule is COCC(COCCCOP(=O)(O)OCC1CCN(C(=O)CCCCO[C@@H]2OC(CO)[C@H](O)[C@H](O)C2NC(C)=O)CC1)(COCCCOP(=O)(O)OC1CCN(C(=O)CCCCO[C@@H]2OC(CO)[C@H](O)[C@H](O)C2C)CC1)COCCCOP(=O)(O)OC1CCN(C(=O)CCCCO[C@@H]2OC(CO)[C@H](O)[C@H](O)C2C)CC1. The number of nitrogens with one attached hydrogen (secondary N) is 1. The number of unbranched alkanes of at least 4 members (excludes halogenated alkanes) is 3. The lowest BCUT2D eigenvalue weighted by molar-refractivity contribution is -0.282. The average Bonchev–Trinajstić information content (AvgIpc) is 0.834. The Morgan fingerprint density at radius 2 is 0.782 bits per heavy atom. The van der Waals surface area contributed by atoms with Crippen LogP contribution in [0.25, 0.3) is 0 Å². The first kappa shape index (κ1) is 96.3. The van der Waals surface area contributed by atoms with Crippen LogP contribution >= 0.6 is 23.5 Å². The van der Waals surface area contributed by atoms with Crippen LogP contribution in [0.15, 0.2) is 0 Å². The summed E-state index contributed by atoms with van der Waals surface area (Å²) in [6, 6.07) is -1.08. The van der Waals surface area contributed by atoms with Crippen LogP contribution < -0.4 is 5.32 Å². The molecule has 6 aliphatic rings. The molecule has 0 aromatic heterocycles. The first-order chi connectivity index (χ1) is 52.4. The molecule has 42 heteroatoms. The Morgan fingerprint density at radius 3 is 1.15 bits per heavy atom. The Hall–Kier alpha value is -2.55. The third-order valence-corrected chi connectivity index (χ3v) is 23.3. The topological polar surface area (TPSA) is 532 Å². The van der Waals surface area contributed by atoms with Crippen molar-refractivity contribution in [3.63, 3.8) is 0 Å². The van der Waals surface area contributed by atoms with Gasteiger partial charge in [0.2, 0.25) is 23.6 Å². The molecular weight excluding hydrogens is 1530 g/mol. The third-order valence-electron chi connectivity index (χ3n) is 20.2. The van der Waals surface area contributed by atoms with E-state index in [0.717, 1.165) is 0 Å². The molecule has 642 valence electrons. The summed E-state index contributed by atoms with van der Waals surface area (Å²) in [6.45, 7) is 4.86. The van der Waals surface area contributed by atoms with E-state index in [-0.39, 0.29) is 155 Å². The molecule has 39 nitrogen and oxygen atoms in total. The van der Waals surface area contributed by atoms with Crippen LogP contribution in [0.5, 0.6) is 0 Å². The van der Waals surface area contributed by atoms with Crippen LogP contribution in [0, 0.1) is 23.2 Å². The van der Waals surface area contributed by atoms with Crippen LogP contribution in [-0.2, 0) is 107 Å². The second-order valence-electron chi connectivity index (χ2n) is 29.1. The minimum atomic E-state index is -4.54. The summed E-state index contributed by atoms with van der Waals surface area (Å²) in [5.74, 6) is -1.97. The standard InChI is InChI=1S/C68H125N4O35P3/c1-46-59(80)61(82)52(38-73)103-65(46)96-32-8-5-15-56(78)71-25-19-50(20-26-71)106-109(88,89)100-36-12-30-94-44-68(42-92-4,45-95-31-13-37-101-110(90,91)107-51-21-27-72(28-22-51)57(79)16-6-9-33-97-66-47(2)60(81)62(83)53(39-74)104-66)43-93-29-11-35-99-108(86,87)102-41-49-17-23-70(24-18-49)55(77)14-7-10-34-98-67-58(69-48(3)76)64(85)63(84)54(40-75)105-67/h46-47,49-54,58-67,73-75,80-85H,5-45H2,1-4H3,(H,69,76)(H,86,87)(H,88,89)(H,90,91)/t46?,47?,52?,53?,54?,58?,59-,60-,61+,62+,63+,64-,65-,66-,67-,68?/m1/s1. The molecule has 0 bridgehead atoms. The molecule has 0 aromatic rings. The van der Waals surface area contributed by atoms with Crippen molar-refractivity contribution in [3.05, 3.63) is 0 Å². The molecule has 6 heterocycles. The molecule has 0 saturated carbocycles. The maximum Gasteiger partial charge on any atom is 0.472 e. The zero-order chi connectivity index (χ0) is 80.4. The highest BCUT2D eigenvalue weighted by Gasteiger charge is 2.47. The van der Waals surface area contributed by atoms with Gasteiger partial charge in [-0.25, -0.2) is 13.7 Å². The van der Waals surface area contributed by atoms with E-state index in [0.29, 0.717) is 116 Å². The monoisotopic (exact) mass is 1650 g/mol. The molecule has 13 N–H and O–H groups in total. The fraction of sp³-hybridized carbons (Fsp3) is 0.941. The van der Waals surface area contributed by atoms with Crippen molar-refractivity contribution in [1.29, 1.82) is 0 Å². The zero-order valence-electron chi connectivity index (χ0n) is 63.8. The number of ether oxygens (including phenoxy) is 10. The van der Waals surface area contributed by atoms with E-state index in [9.17, 15) is 93.5 Å². The third kappa shape index (κ3) is 33.1. The molecule has 6 fully saturated rings. The number of methoxy groups -OCH3 is 1. The van der Waals surface area contributed by atoms with Gasteiger partial charge >= 0.3 is 23.5 Å². The molecule has 0 aliphatic carbocycles. The van der Waals surface area contributed by atoms with E-state index in [4.69, 9.17) is 74.5 Å². The van der Waals surface area contributed by atoms with E-state index in [2.05, 4.69) is 5.32 Å². The van der Waals surface area contributed by atoms with Crippen LogP contribution in [0.1, 0.15) is 136 Å². The number of carbonyl (C=O) groups excluding carboxylic acids is 4. The lowest BCUT2D eigenvalue weighted by Crippen LogP contribution is -2.64. The Kier molecular flexibility index (Phi) is 43.4. The van der Waals surface area contributed by atoms with Crippen molar-refractivity contribution in [2.75, 3.05) is 159 Å². The number of hydrogen-bond donors (Lipinski definition) is 13. The summed E-state index contributed by atoms with van der Waals surface area (Å²) in [5, 5.41) is 92.5. The Balaban J connectivity index is 0.877. The number of likely N-dealkylation sites (tertiary alicyclic amines) is 3. The maximum atomic E-state index is 13.1. The molecule has 9 unspecified atom stereocenters. The molecule has 6 aliphatic heterocycles. The average molecular weight is 1650 g/mol. The predicted octanol–water partition coefficient (Wildman–Crippen LogP) is 0.115. The molecule has 0 aromatic carbocycles. The number of carbonyl (C=O) groups is 4. The molecule has 0 spiro atoms. The smallest absolute Gasteiger partial charge is 0.394 e. The number of nitrogens with zero attached hydrogens (tertiary/aromatic N) is 3. The summed E-state index contributed by atoms with van der Waals surface area (Å²) < 4.78 is 129. The Labute approximate surface area is 643 Å². The van der Waals surface area contributed by atoms with Crippen molar-refractivity contribution in [2.45, 2.75) is 228 Å². The van der Waals surface area contributed by atoms with E-state index in [1.54, 1.807) is 28.5 Å². The normalized spacial score (nSPS) is 29.8. The fourth-order valence-electron chi connectivity index (χ4n) is 13.5. The van der Waals surface area contributed by atoms with Crippen LogP contribution in [-0.4, -0.2) is 350 Å². The van der Waals surface area contributed by atoms with Crippen molar-refractivity contribution >= 4 is 47.1 Å². The number of aliphatic hydroxyl groups excluding tert-OH is 9. The molecular formula is C68H125N4O35P3. The molecule has 110 heavy (non-hydrogen) atoms. The number of aliphatic hydroxyl groups is 9. The zero-order valence-corrected chi connectivity index (χ0v) is 66.5. The number of amides is 4. The lowest BCUT2D eigenvalue weighted by atomic mass is 9.92. The van der Waals surface area contributed by atoms with Gasteiger partial charge in [0, 0.05) is 124 Å².